The van der Waals surface area contributed by atoms with Crippen LogP contribution in [0.15, 0.2) is 48.8 Å². The van der Waals surface area contributed by atoms with Crippen molar-refractivity contribution in [2.24, 2.45) is 0 Å². The highest BCUT2D eigenvalue weighted by Crippen LogP contribution is 2.17. The van der Waals surface area contributed by atoms with Gasteiger partial charge in [0.25, 0.3) is 0 Å². The Morgan fingerprint density at radius 1 is 1.22 bits per heavy atom. The van der Waals surface area contributed by atoms with E-state index in [1.807, 2.05) is 6.07 Å². The molecule has 1 atom stereocenters. The summed E-state index contributed by atoms with van der Waals surface area (Å²) in [5.74, 6) is 0.301. The van der Waals surface area contributed by atoms with Crippen molar-refractivity contribution in [2.75, 3.05) is 13.2 Å². The fraction of sp³-hybridized carbons (Fsp3) is 0.300. The molecule has 1 saturated heterocycles. The summed E-state index contributed by atoms with van der Waals surface area (Å²) in [6.45, 7) is 1.43. The maximum absolute atomic E-state index is 12.2. The Labute approximate surface area is 161 Å². The second-order valence-corrected chi connectivity index (χ2v) is 6.83. The number of halogens is 1. The van der Waals surface area contributed by atoms with E-state index >= 15 is 0 Å². The van der Waals surface area contributed by atoms with E-state index in [0.717, 1.165) is 25.1 Å². The zero-order chi connectivity index (χ0) is 18.6. The molecule has 0 spiro atoms. The van der Waals surface area contributed by atoms with Crippen molar-refractivity contribution in [3.63, 3.8) is 0 Å². The third-order valence-corrected chi connectivity index (χ3v) is 4.59. The van der Waals surface area contributed by atoms with E-state index < -0.39 is 5.97 Å². The number of rotatable bonds is 6. The van der Waals surface area contributed by atoms with Crippen LogP contribution < -0.4 is 4.74 Å². The first kappa shape index (κ1) is 17.8. The Morgan fingerprint density at radius 2 is 2.07 bits per heavy atom. The molecule has 0 radical (unpaired) electrons. The predicted octanol–water partition coefficient (Wildman–Crippen LogP) is 3.90. The van der Waals surface area contributed by atoms with E-state index in [9.17, 15) is 4.79 Å². The molecule has 0 N–H and O–H groups in total. The van der Waals surface area contributed by atoms with E-state index in [-0.39, 0.29) is 12.7 Å². The van der Waals surface area contributed by atoms with Gasteiger partial charge in [-0.05, 0) is 49.2 Å². The molecular weight excluding hydrogens is 368 g/mol. The van der Waals surface area contributed by atoms with Crippen LogP contribution in [0.25, 0.3) is 5.65 Å². The molecule has 7 heteroatoms. The van der Waals surface area contributed by atoms with Crippen LogP contribution in [0.2, 0.25) is 5.02 Å². The van der Waals surface area contributed by atoms with Crippen LogP contribution in [-0.2, 0) is 16.1 Å². The monoisotopic (exact) mass is 386 g/mol. The third kappa shape index (κ3) is 4.40. The molecule has 1 aliphatic heterocycles. The van der Waals surface area contributed by atoms with Gasteiger partial charge in [0.15, 0.2) is 0 Å². The highest BCUT2D eigenvalue weighted by molar-refractivity contribution is 6.30. The van der Waals surface area contributed by atoms with Crippen molar-refractivity contribution in [3.05, 3.63) is 65.1 Å². The summed E-state index contributed by atoms with van der Waals surface area (Å²) < 4.78 is 18.4. The molecule has 6 nitrogen and oxygen atoms in total. The molecule has 0 unspecified atom stereocenters. The average molecular weight is 387 g/mol. The quantitative estimate of drug-likeness (QED) is 0.601. The van der Waals surface area contributed by atoms with Crippen LogP contribution in [0.5, 0.6) is 5.75 Å². The first-order valence-electron chi connectivity index (χ1n) is 8.82. The average Bonchev–Trinajstić information content (AvgIpc) is 3.34. The van der Waals surface area contributed by atoms with Crippen LogP contribution in [0.4, 0.5) is 0 Å². The molecule has 140 valence electrons. The number of aromatic nitrogens is 2. The van der Waals surface area contributed by atoms with Crippen molar-refractivity contribution in [2.45, 2.75) is 25.6 Å². The Balaban J connectivity index is 1.31. The number of hydrogen-bond donors (Lipinski definition) is 0. The summed E-state index contributed by atoms with van der Waals surface area (Å²) >= 11 is 5.96. The van der Waals surface area contributed by atoms with E-state index in [2.05, 4.69) is 4.98 Å². The fourth-order valence-corrected chi connectivity index (χ4v) is 3.13. The summed E-state index contributed by atoms with van der Waals surface area (Å²) in [6.07, 6.45) is 5.81. The first-order valence-corrected chi connectivity index (χ1v) is 9.20. The van der Waals surface area contributed by atoms with Gasteiger partial charge in [-0.15, -0.1) is 0 Å². The molecule has 1 aliphatic rings. The molecule has 3 aromatic rings. The zero-order valence-corrected chi connectivity index (χ0v) is 15.4. The smallest absolute Gasteiger partial charge is 0.338 e. The summed E-state index contributed by atoms with van der Waals surface area (Å²) in [6, 6.07) is 10.5. The van der Waals surface area contributed by atoms with Crippen LogP contribution >= 0.6 is 11.6 Å². The summed E-state index contributed by atoms with van der Waals surface area (Å²) in [5.41, 5.74) is 1.87. The predicted molar refractivity (Wildman–Crippen MR) is 100 cm³/mol. The molecular formula is C20H19ClN2O4. The summed E-state index contributed by atoms with van der Waals surface area (Å²) in [4.78, 5) is 16.6. The van der Waals surface area contributed by atoms with Crippen LogP contribution in [-0.4, -0.2) is 34.7 Å². The van der Waals surface area contributed by atoms with E-state index in [0.29, 0.717) is 28.6 Å². The number of hydrogen-bond acceptors (Lipinski definition) is 5. The minimum atomic E-state index is -0.407. The SMILES string of the molecule is O=C(OCc1cn2cc(Cl)ccc2n1)c1ccc(OC[C@@H]2CCCO2)cc1. The number of nitrogens with zero attached hydrogens (tertiary/aromatic N) is 2. The van der Waals surface area contributed by atoms with Gasteiger partial charge < -0.3 is 18.6 Å². The van der Waals surface area contributed by atoms with Crippen LogP contribution in [0, 0.1) is 0 Å². The minimum Gasteiger partial charge on any atom is -0.491 e. The van der Waals surface area contributed by atoms with Gasteiger partial charge in [-0.25, -0.2) is 9.78 Å². The number of carbonyl (C=O) groups is 1. The van der Waals surface area contributed by atoms with Gasteiger partial charge in [0.2, 0.25) is 0 Å². The van der Waals surface area contributed by atoms with E-state index in [4.69, 9.17) is 25.8 Å². The number of pyridine rings is 1. The lowest BCUT2D eigenvalue weighted by molar-refractivity contribution is 0.0468. The zero-order valence-electron chi connectivity index (χ0n) is 14.6. The number of imidazole rings is 1. The summed E-state index contributed by atoms with van der Waals surface area (Å²) in [5, 5.41) is 0.616. The largest absolute Gasteiger partial charge is 0.491 e. The molecule has 27 heavy (non-hydrogen) atoms. The van der Waals surface area contributed by atoms with Gasteiger partial charge in [-0.1, -0.05) is 11.6 Å². The maximum atomic E-state index is 12.2. The van der Waals surface area contributed by atoms with Crippen molar-refractivity contribution in [1.29, 1.82) is 0 Å². The van der Waals surface area contributed by atoms with Gasteiger partial charge in [0, 0.05) is 19.0 Å². The lowest BCUT2D eigenvalue weighted by atomic mass is 10.2. The Bertz CT molecular complexity index is 933. The van der Waals surface area contributed by atoms with Gasteiger partial charge in [0.1, 0.15) is 24.6 Å². The number of benzene rings is 1. The standard InChI is InChI=1S/C20H19ClN2O4/c21-15-5-8-19-22-16(11-23(19)10-15)12-27-20(24)14-3-6-17(7-4-14)26-13-18-2-1-9-25-18/h3-8,10-11,18H,1-2,9,12-13H2/t18-/m0/s1. The van der Waals surface area contributed by atoms with Crippen molar-refractivity contribution < 1.29 is 19.0 Å². The molecule has 0 bridgehead atoms. The molecule has 1 aromatic carbocycles. The second-order valence-electron chi connectivity index (χ2n) is 6.39. The Morgan fingerprint density at radius 3 is 2.85 bits per heavy atom. The number of fused-ring (bicyclic) bond motifs is 1. The van der Waals surface area contributed by atoms with Crippen molar-refractivity contribution in [1.82, 2.24) is 9.38 Å². The molecule has 3 heterocycles. The second kappa shape index (κ2) is 7.98. The Hall–Kier alpha value is -2.57. The highest BCUT2D eigenvalue weighted by atomic mass is 35.5. The minimum absolute atomic E-state index is 0.0927. The summed E-state index contributed by atoms with van der Waals surface area (Å²) in [7, 11) is 0. The van der Waals surface area contributed by atoms with Crippen molar-refractivity contribution >= 4 is 23.2 Å². The van der Waals surface area contributed by atoms with Crippen molar-refractivity contribution in [3.8, 4) is 5.75 Å². The normalized spacial score (nSPS) is 16.6. The molecule has 0 saturated carbocycles. The lowest BCUT2D eigenvalue weighted by Crippen LogP contribution is -2.16. The molecule has 4 rings (SSSR count). The van der Waals surface area contributed by atoms with Gasteiger partial charge in [0.05, 0.1) is 22.4 Å². The van der Waals surface area contributed by atoms with Gasteiger partial charge in [-0.3, -0.25) is 0 Å². The lowest BCUT2D eigenvalue weighted by Gasteiger charge is -2.11. The van der Waals surface area contributed by atoms with E-state index in [1.165, 1.54) is 0 Å². The maximum Gasteiger partial charge on any atom is 0.338 e. The molecule has 2 aromatic heterocycles. The van der Waals surface area contributed by atoms with Gasteiger partial charge in [-0.2, -0.15) is 0 Å². The number of esters is 1. The first-order chi connectivity index (χ1) is 13.2. The molecule has 0 aliphatic carbocycles. The number of carbonyl (C=O) groups excluding carboxylic acids is 1. The molecule has 0 amide bonds. The fourth-order valence-electron chi connectivity index (χ4n) is 2.96. The van der Waals surface area contributed by atoms with Gasteiger partial charge >= 0.3 is 5.97 Å². The Kier molecular flexibility index (Phi) is 5.27. The van der Waals surface area contributed by atoms with Crippen LogP contribution in [0.3, 0.4) is 0 Å². The van der Waals surface area contributed by atoms with E-state index in [1.54, 1.807) is 47.1 Å². The number of ether oxygens (including phenoxy) is 3. The topological polar surface area (TPSA) is 62.1 Å². The van der Waals surface area contributed by atoms with Crippen LogP contribution in [0.1, 0.15) is 28.9 Å². The highest BCUT2D eigenvalue weighted by Gasteiger charge is 2.16. The third-order valence-electron chi connectivity index (χ3n) is 4.37. The molecule has 1 fully saturated rings.